The maximum atomic E-state index is 14.5. The number of rotatable bonds is 6. The van der Waals surface area contributed by atoms with Crippen molar-refractivity contribution in [3.63, 3.8) is 0 Å². The molecule has 2 aliphatic heterocycles. The Labute approximate surface area is 239 Å². The molecule has 1 unspecified atom stereocenters. The molecular formula is C33H35N5O3. The Kier molecular flexibility index (Phi) is 7.82. The Bertz CT molecular complexity index is 1560. The largest absolute Gasteiger partial charge is 0.337 e. The quantitative estimate of drug-likeness (QED) is 0.396. The van der Waals surface area contributed by atoms with Gasteiger partial charge < -0.3 is 15.1 Å². The minimum Gasteiger partial charge on any atom is -0.337 e. The van der Waals surface area contributed by atoms with Crippen LogP contribution in [0.4, 0.5) is 0 Å². The van der Waals surface area contributed by atoms with Crippen LogP contribution in [0.25, 0.3) is 11.3 Å². The van der Waals surface area contributed by atoms with Crippen LogP contribution in [-0.2, 0) is 6.54 Å². The molecule has 4 aromatic rings. The summed E-state index contributed by atoms with van der Waals surface area (Å²) in [7, 11) is 0. The molecule has 8 nitrogen and oxygen atoms in total. The summed E-state index contributed by atoms with van der Waals surface area (Å²) in [5, 5.41) is 3.31. The maximum absolute atomic E-state index is 14.5. The summed E-state index contributed by atoms with van der Waals surface area (Å²) < 4.78 is 3.46. The Morgan fingerprint density at radius 2 is 1.39 bits per heavy atom. The number of aromatic nitrogens is 2. The molecule has 2 fully saturated rings. The van der Waals surface area contributed by atoms with Gasteiger partial charge in [-0.05, 0) is 30.5 Å². The standard InChI is InChI=1S/C33H35N5O3/c39-31(27-15-8-3-9-16-27)36-20-10-17-28(24-36)38-29(26-13-6-2-7-14-26)30(32(40)35-21-18-34-19-22-35)37(33(38)41)23-25-11-4-1-5-12-25/h1-9,11-16,28,34H,10,17-24H2. The number of nitrogens with one attached hydrogen (secondary N) is 1. The van der Waals surface area contributed by atoms with Gasteiger partial charge in [0.2, 0.25) is 0 Å². The van der Waals surface area contributed by atoms with Gasteiger partial charge in [-0.2, -0.15) is 0 Å². The zero-order valence-electron chi connectivity index (χ0n) is 23.1. The van der Waals surface area contributed by atoms with Gasteiger partial charge in [0.25, 0.3) is 11.8 Å². The molecule has 3 heterocycles. The van der Waals surface area contributed by atoms with Gasteiger partial charge >= 0.3 is 5.69 Å². The first kappa shape index (κ1) is 26.8. The monoisotopic (exact) mass is 549 g/mol. The van der Waals surface area contributed by atoms with Gasteiger partial charge in [-0.3, -0.25) is 18.7 Å². The van der Waals surface area contributed by atoms with E-state index in [1.165, 1.54) is 0 Å². The highest BCUT2D eigenvalue weighted by Gasteiger charge is 2.35. The molecule has 0 spiro atoms. The van der Waals surface area contributed by atoms with Gasteiger partial charge in [-0.25, -0.2) is 4.79 Å². The number of piperidine rings is 1. The number of likely N-dealkylation sites (tertiary alicyclic amines) is 1. The summed E-state index contributed by atoms with van der Waals surface area (Å²) in [5.41, 5.74) is 3.24. The number of benzene rings is 3. The normalized spacial score (nSPS) is 17.4. The van der Waals surface area contributed by atoms with Crippen LogP contribution in [0.5, 0.6) is 0 Å². The second kappa shape index (κ2) is 12.0. The molecule has 2 amide bonds. The summed E-state index contributed by atoms with van der Waals surface area (Å²) >= 11 is 0. The molecule has 0 aliphatic carbocycles. The lowest BCUT2D eigenvalue weighted by Crippen LogP contribution is -2.47. The number of hydrogen-bond donors (Lipinski definition) is 1. The minimum absolute atomic E-state index is 0.0366. The van der Waals surface area contributed by atoms with E-state index < -0.39 is 0 Å². The molecule has 1 N–H and O–H groups in total. The lowest BCUT2D eigenvalue weighted by molar-refractivity contribution is 0.0676. The van der Waals surface area contributed by atoms with Crippen LogP contribution in [0.1, 0.15) is 45.3 Å². The van der Waals surface area contributed by atoms with E-state index in [9.17, 15) is 14.4 Å². The fourth-order valence-corrected chi connectivity index (χ4v) is 6.03. The maximum Gasteiger partial charge on any atom is 0.329 e. The summed E-state index contributed by atoms with van der Waals surface area (Å²) in [5.74, 6) is -0.171. The Morgan fingerprint density at radius 3 is 2.07 bits per heavy atom. The number of carbonyl (C=O) groups is 2. The van der Waals surface area contributed by atoms with Crippen molar-refractivity contribution in [2.75, 3.05) is 39.3 Å². The Balaban J connectivity index is 1.49. The number of piperazine rings is 1. The first-order chi connectivity index (χ1) is 20.1. The lowest BCUT2D eigenvalue weighted by Gasteiger charge is -2.34. The molecule has 0 radical (unpaired) electrons. The third-order valence-electron chi connectivity index (χ3n) is 8.08. The predicted octanol–water partition coefficient (Wildman–Crippen LogP) is 3.89. The highest BCUT2D eigenvalue weighted by molar-refractivity contribution is 5.99. The van der Waals surface area contributed by atoms with Gasteiger partial charge in [0, 0.05) is 50.4 Å². The molecule has 210 valence electrons. The van der Waals surface area contributed by atoms with Gasteiger partial charge in [0.15, 0.2) is 0 Å². The van der Waals surface area contributed by atoms with E-state index in [0.29, 0.717) is 49.7 Å². The van der Waals surface area contributed by atoms with E-state index in [4.69, 9.17) is 0 Å². The van der Waals surface area contributed by atoms with Crippen molar-refractivity contribution in [1.82, 2.24) is 24.3 Å². The fraction of sp³-hybridized carbons (Fsp3) is 0.303. The van der Waals surface area contributed by atoms with Crippen molar-refractivity contribution in [3.05, 3.63) is 118 Å². The average molecular weight is 550 g/mol. The lowest BCUT2D eigenvalue weighted by atomic mass is 10.0. The van der Waals surface area contributed by atoms with Crippen LogP contribution in [0.2, 0.25) is 0 Å². The molecule has 2 saturated heterocycles. The smallest absolute Gasteiger partial charge is 0.329 e. The number of nitrogens with zero attached hydrogens (tertiary/aromatic N) is 4. The molecule has 0 bridgehead atoms. The van der Waals surface area contributed by atoms with Crippen LogP contribution in [-0.4, -0.2) is 70.0 Å². The van der Waals surface area contributed by atoms with Gasteiger partial charge in [-0.1, -0.05) is 78.9 Å². The molecule has 1 aromatic heterocycles. The van der Waals surface area contributed by atoms with Crippen molar-refractivity contribution < 1.29 is 9.59 Å². The zero-order chi connectivity index (χ0) is 28.2. The molecule has 41 heavy (non-hydrogen) atoms. The third kappa shape index (κ3) is 5.47. The average Bonchev–Trinajstić information content (AvgIpc) is 3.33. The first-order valence-corrected chi connectivity index (χ1v) is 14.4. The molecule has 1 atom stereocenters. The van der Waals surface area contributed by atoms with Crippen LogP contribution in [0.3, 0.4) is 0 Å². The van der Waals surface area contributed by atoms with Crippen molar-refractivity contribution in [3.8, 4) is 11.3 Å². The highest BCUT2D eigenvalue weighted by Crippen LogP contribution is 2.32. The second-order valence-electron chi connectivity index (χ2n) is 10.7. The number of imidazole rings is 1. The van der Waals surface area contributed by atoms with Gasteiger partial charge in [0.05, 0.1) is 18.3 Å². The van der Waals surface area contributed by atoms with Gasteiger partial charge in [0.1, 0.15) is 5.69 Å². The fourth-order valence-electron chi connectivity index (χ4n) is 6.03. The van der Waals surface area contributed by atoms with Crippen LogP contribution in [0, 0.1) is 0 Å². The van der Waals surface area contributed by atoms with Crippen molar-refractivity contribution >= 4 is 11.8 Å². The topological polar surface area (TPSA) is 79.6 Å². The third-order valence-corrected chi connectivity index (χ3v) is 8.08. The van der Waals surface area contributed by atoms with E-state index in [2.05, 4.69) is 5.32 Å². The molecule has 6 rings (SSSR count). The Hall–Kier alpha value is -4.43. The van der Waals surface area contributed by atoms with Crippen molar-refractivity contribution in [2.45, 2.75) is 25.4 Å². The number of amides is 2. The molecule has 2 aliphatic rings. The minimum atomic E-state index is -0.259. The summed E-state index contributed by atoms with van der Waals surface area (Å²) in [6.45, 7) is 3.94. The van der Waals surface area contributed by atoms with E-state index in [0.717, 1.165) is 37.1 Å². The van der Waals surface area contributed by atoms with E-state index in [1.807, 2.05) is 101 Å². The molecular weight excluding hydrogens is 514 g/mol. The van der Waals surface area contributed by atoms with E-state index in [-0.39, 0.29) is 23.5 Å². The molecule has 0 saturated carbocycles. The SMILES string of the molecule is O=C(c1ccccc1)N1CCCC(n2c(-c3ccccc3)c(C(=O)N3CCNCC3)n(Cc3ccccc3)c2=O)C1. The predicted molar refractivity (Wildman–Crippen MR) is 159 cm³/mol. The number of carbonyl (C=O) groups excluding carboxylic acids is 2. The van der Waals surface area contributed by atoms with E-state index >= 15 is 0 Å². The van der Waals surface area contributed by atoms with E-state index in [1.54, 1.807) is 9.13 Å². The van der Waals surface area contributed by atoms with Crippen molar-refractivity contribution in [2.24, 2.45) is 0 Å². The summed E-state index contributed by atoms with van der Waals surface area (Å²) in [6, 6.07) is 28.5. The second-order valence-corrected chi connectivity index (χ2v) is 10.7. The molecule has 3 aromatic carbocycles. The van der Waals surface area contributed by atoms with Crippen molar-refractivity contribution in [1.29, 1.82) is 0 Å². The first-order valence-electron chi connectivity index (χ1n) is 14.4. The summed E-state index contributed by atoms with van der Waals surface area (Å²) in [4.78, 5) is 45.8. The zero-order valence-corrected chi connectivity index (χ0v) is 23.1. The van der Waals surface area contributed by atoms with Crippen LogP contribution < -0.4 is 11.0 Å². The van der Waals surface area contributed by atoms with Gasteiger partial charge in [-0.15, -0.1) is 0 Å². The molecule has 8 heteroatoms. The summed E-state index contributed by atoms with van der Waals surface area (Å²) in [6.07, 6.45) is 1.52. The Morgan fingerprint density at radius 1 is 0.756 bits per heavy atom. The van der Waals surface area contributed by atoms with Crippen LogP contribution >= 0.6 is 0 Å². The highest BCUT2D eigenvalue weighted by atomic mass is 16.2. The number of hydrogen-bond acceptors (Lipinski definition) is 4. The van der Waals surface area contributed by atoms with Crippen LogP contribution in [0.15, 0.2) is 95.8 Å².